The molecule has 0 amide bonds. The summed E-state index contributed by atoms with van der Waals surface area (Å²) in [4.78, 5) is 8.44. The van der Waals surface area contributed by atoms with Crippen LogP contribution < -0.4 is 10.6 Å². The summed E-state index contributed by atoms with van der Waals surface area (Å²) in [6, 6.07) is 2.64. The molecule has 4 nitrogen and oxygen atoms in total. The van der Waals surface area contributed by atoms with E-state index in [2.05, 4.69) is 20.6 Å². The normalized spacial score (nSPS) is 12.3. The number of halogens is 4. The minimum absolute atomic E-state index is 0.0473. The third kappa shape index (κ3) is 5.69. The first-order chi connectivity index (χ1) is 12.3. The summed E-state index contributed by atoms with van der Waals surface area (Å²) in [5.74, 6) is -0.549. The lowest BCUT2D eigenvalue weighted by Crippen LogP contribution is -2.38. The topological polar surface area (TPSA) is 49.3 Å². The SMILES string of the molecule is CCc1nc(CCNC(=NC)NCc2ccc(F)cc2C(F)(F)F)cs1. The van der Waals surface area contributed by atoms with E-state index in [-0.39, 0.29) is 12.1 Å². The Kier molecular flexibility index (Phi) is 6.96. The van der Waals surface area contributed by atoms with Crippen molar-refractivity contribution < 1.29 is 17.6 Å². The van der Waals surface area contributed by atoms with Crippen LogP contribution in [0.2, 0.25) is 0 Å². The second-order valence-electron chi connectivity index (χ2n) is 5.49. The van der Waals surface area contributed by atoms with Crippen molar-refractivity contribution in [1.82, 2.24) is 15.6 Å². The van der Waals surface area contributed by atoms with Crippen molar-refractivity contribution in [2.75, 3.05) is 13.6 Å². The van der Waals surface area contributed by atoms with Gasteiger partial charge in [0, 0.05) is 31.9 Å². The Labute approximate surface area is 153 Å². The van der Waals surface area contributed by atoms with Crippen LogP contribution in [0.25, 0.3) is 0 Å². The van der Waals surface area contributed by atoms with E-state index in [9.17, 15) is 17.6 Å². The Morgan fingerprint density at radius 1 is 1.27 bits per heavy atom. The molecule has 0 atom stereocenters. The van der Waals surface area contributed by atoms with Crippen molar-refractivity contribution in [3.05, 3.63) is 51.2 Å². The Morgan fingerprint density at radius 2 is 2.04 bits per heavy atom. The molecule has 142 valence electrons. The first-order valence-electron chi connectivity index (χ1n) is 8.07. The van der Waals surface area contributed by atoms with E-state index < -0.39 is 17.6 Å². The lowest BCUT2D eigenvalue weighted by atomic mass is 10.1. The average Bonchev–Trinajstić information content (AvgIpc) is 3.06. The fourth-order valence-electron chi connectivity index (χ4n) is 2.30. The van der Waals surface area contributed by atoms with E-state index in [1.54, 1.807) is 11.3 Å². The second-order valence-corrected chi connectivity index (χ2v) is 6.43. The molecule has 0 radical (unpaired) electrons. The van der Waals surface area contributed by atoms with Gasteiger partial charge in [-0.2, -0.15) is 13.2 Å². The molecule has 0 aliphatic rings. The van der Waals surface area contributed by atoms with Gasteiger partial charge in [-0.15, -0.1) is 11.3 Å². The molecule has 0 aliphatic carbocycles. The fourth-order valence-corrected chi connectivity index (χ4v) is 3.08. The minimum atomic E-state index is -4.61. The lowest BCUT2D eigenvalue weighted by molar-refractivity contribution is -0.138. The number of alkyl halides is 3. The van der Waals surface area contributed by atoms with Gasteiger partial charge in [0.15, 0.2) is 5.96 Å². The Hall–Kier alpha value is -2.16. The summed E-state index contributed by atoms with van der Waals surface area (Å²) in [6.45, 7) is 2.46. The molecule has 1 aromatic carbocycles. The van der Waals surface area contributed by atoms with Gasteiger partial charge in [0.05, 0.1) is 16.3 Å². The van der Waals surface area contributed by atoms with E-state index >= 15 is 0 Å². The van der Waals surface area contributed by atoms with Crippen LogP contribution in [0, 0.1) is 5.82 Å². The Balaban J connectivity index is 1.91. The number of nitrogens with one attached hydrogen (secondary N) is 2. The van der Waals surface area contributed by atoms with Crippen LogP contribution in [0.4, 0.5) is 17.6 Å². The summed E-state index contributed by atoms with van der Waals surface area (Å²) in [7, 11) is 1.53. The standard InChI is InChI=1S/C17H20F4N4S/c1-3-15-25-13(10-26-15)6-7-23-16(22-2)24-9-11-4-5-12(18)8-14(11)17(19,20)21/h4-5,8,10H,3,6-7,9H2,1-2H3,(H2,22,23,24). The molecule has 1 aromatic heterocycles. The van der Waals surface area contributed by atoms with E-state index in [4.69, 9.17) is 0 Å². The summed E-state index contributed by atoms with van der Waals surface area (Å²) >= 11 is 1.60. The molecule has 0 fully saturated rings. The van der Waals surface area contributed by atoms with Crippen molar-refractivity contribution in [2.24, 2.45) is 4.99 Å². The zero-order valence-corrected chi connectivity index (χ0v) is 15.3. The number of hydrogen-bond acceptors (Lipinski definition) is 3. The van der Waals surface area contributed by atoms with Gasteiger partial charge in [0.25, 0.3) is 0 Å². The van der Waals surface area contributed by atoms with Crippen LogP contribution >= 0.6 is 11.3 Å². The third-order valence-electron chi connectivity index (χ3n) is 3.62. The lowest BCUT2D eigenvalue weighted by Gasteiger charge is -2.15. The summed E-state index contributed by atoms with van der Waals surface area (Å²) < 4.78 is 52.2. The van der Waals surface area contributed by atoms with E-state index in [1.165, 1.54) is 7.05 Å². The molecule has 0 saturated carbocycles. The molecule has 0 aliphatic heterocycles. The first-order valence-corrected chi connectivity index (χ1v) is 8.95. The van der Waals surface area contributed by atoms with Crippen molar-refractivity contribution in [1.29, 1.82) is 0 Å². The third-order valence-corrected chi connectivity index (χ3v) is 4.66. The minimum Gasteiger partial charge on any atom is -0.356 e. The quantitative estimate of drug-likeness (QED) is 0.450. The van der Waals surface area contributed by atoms with Crippen LogP contribution in [0.1, 0.15) is 28.8 Å². The summed E-state index contributed by atoms with van der Waals surface area (Å²) in [6.07, 6.45) is -3.04. The van der Waals surface area contributed by atoms with Crippen molar-refractivity contribution in [3.63, 3.8) is 0 Å². The van der Waals surface area contributed by atoms with Crippen molar-refractivity contribution in [3.8, 4) is 0 Å². The first kappa shape index (κ1) is 20.2. The van der Waals surface area contributed by atoms with E-state index in [0.717, 1.165) is 29.3 Å². The molecule has 9 heteroatoms. The summed E-state index contributed by atoms with van der Waals surface area (Å²) in [5, 5.41) is 8.91. The van der Waals surface area contributed by atoms with Gasteiger partial charge >= 0.3 is 6.18 Å². The Bertz CT molecular complexity index is 755. The van der Waals surface area contributed by atoms with Crippen LogP contribution in [0.3, 0.4) is 0 Å². The van der Waals surface area contributed by atoms with Gasteiger partial charge in [0.2, 0.25) is 0 Å². The molecule has 0 saturated heterocycles. The Morgan fingerprint density at radius 3 is 2.65 bits per heavy atom. The number of thiazole rings is 1. The zero-order chi connectivity index (χ0) is 19.2. The number of aromatic nitrogens is 1. The molecule has 0 bridgehead atoms. The number of rotatable bonds is 6. The number of guanidine groups is 1. The van der Waals surface area contributed by atoms with Crippen LogP contribution in [0.5, 0.6) is 0 Å². The highest BCUT2D eigenvalue weighted by Crippen LogP contribution is 2.32. The predicted octanol–water partition coefficient (Wildman–Crippen LogP) is 3.77. The van der Waals surface area contributed by atoms with Crippen LogP contribution in [-0.2, 0) is 25.6 Å². The van der Waals surface area contributed by atoms with E-state index in [1.807, 2.05) is 12.3 Å². The largest absolute Gasteiger partial charge is 0.416 e. The van der Waals surface area contributed by atoms with Crippen molar-refractivity contribution >= 4 is 17.3 Å². The monoisotopic (exact) mass is 388 g/mol. The maximum Gasteiger partial charge on any atom is 0.416 e. The van der Waals surface area contributed by atoms with E-state index in [0.29, 0.717) is 25.0 Å². The van der Waals surface area contributed by atoms with Gasteiger partial charge in [-0.05, 0) is 24.1 Å². The average molecular weight is 388 g/mol. The molecule has 0 spiro atoms. The van der Waals surface area contributed by atoms with Gasteiger partial charge in [0.1, 0.15) is 5.82 Å². The molecule has 2 N–H and O–H groups in total. The van der Waals surface area contributed by atoms with Gasteiger partial charge in [-0.3, -0.25) is 4.99 Å². The number of aliphatic imine (C=N–C) groups is 1. The number of aryl methyl sites for hydroxylation is 1. The van der Waals surface area contributed by atoms with Gasteiger partial charge in [-0.25, -0.2) is 9.37 Å². The summed E-state index contributed by atoms with van der Waals surface area (Å²) in [5.41, 5.74) is -0.0725. The van der Waals surface area contributed by atoms with Crippen molar-refractivity contribution in [2.45, 2.75) is 32.5 Å². The predicted molar refractivity (Wildman–Crippen MR) is 94.8 cm³/mol. The van der Waals surface area contributed by atoms with Gasteiger partial charge in [-0.1, -0.05) is 13.0 Å². The maximum atomic E-state index is 13.1. The van der Waals surface area contributed by atoms with Gasteiger partial charge < -0.3 is 10.6 Å². The smallest absolute Gasteiger partial charge is 0.356 e. The number of benzene rings is 1. The molecule has 0 unspecified atom stereocenters. The molecular weight excluding hydrogens is 368 g/mol. The molecule has 2 aromatic rings. The highest BCUT2D eigenvalue weighted by atomic mass is 32.1. The van der Waals surface area contributed by atoms with Crippen LogP contribution in [0.15, 0.2) is 28.6 Å². The highest BCUT2D eigenvalue weighted by Gasteiger charge is 2.33. The fraction of sp³-hybridized carbons (Fsp3) is 0.412. The molecule has 1 heterocycles. The molecular formula is C17H20F4N4S. The van der Waals surface area contributed by atoms with Crippen LogP contribution in [-0.4, -0.2) is 24.5 Å². The highest BCUT2D eigenvalue weighted by molar-refractivity contribution is 7.09. The number of nitrogens with zero attached hydrogens (tertiary/aromatic N) is 2. The second kappa shape index (κ2) is 8.98. The zero-order valence-electron chi connectivity index (χ0n) is 14.5. The molecule has 26 heavy (non-hydrogen) atoms. The molecule has 2 rings (SSSR count). The maximum absolute atomic E-state index is 13.1. The number of hydrogen-bond donors (Lipinski definition) is 2.